The van der Waals surface area contributed by atoms with Gasteiger partial charge in [-0.15, -0.1) is 11.3 Å². The fourth-order valence-corrected chi connectivity index (χ4v) is 3.92. The number of benzene rings is 1. The predicted molar refractivity (Wildman–Crippen MR) is 91.8 cm³/mol. The molecule has 0 bridgehead atoms. The quantitative estimate of drug-likeness (QED) is 0.810. The highest BCUT2D eigenvalue weighted by Crippen LogP contribution is 2.37. The molecule has 2 rings (SSSR count). The Hall–Kier alpha value is -1.04. The zero-order chi connectivity index (χ0) is 15.4. The van der Waals surface area contributed by atoms with Gasteiger partial charge in [0.2, 0.25) is 0 Å². The lowest BCUT2D eigenvalue weighted by Gasteiger charge is -2.18. The molecule has 1 N–H and O–H groups in total. The summed E-state index contributed by atoms with van der Waals surface area (Å²) in [6.45, 7) is 5.12. The summed E-state index contributed by atoms with van der Waals surface area (Å²) in [4.78, 5) is 1.29. The van der Waals surface area contributed by atoms with Gasteiger partial charge in [0.1, 0.15) is 0 Å². The molecule has 0 radical (unpaired) electrons. The van der Waals surface area contributed by atoms with Crippen LogP contribution >= 0.6 is 27.3 Å². The van der Waals surface area contributed by atoms with E-state index in [4.69, 9.17) is 9.47 Å². The molecule has 5 heteroatoms. The Morgan fingerprint density at radius 1 is 1.19 bits per heavy atom. The standard InChI is InChI=1S/C16H20BrNO2S/c1-5-18-15(14-8-10(2)16(17)21-14)11-6-7-12(19-3)13(9-11)20-4/h6-9,15,18H,5H2,1-4H3. The predicted octanol–water partition coefficient (Wildman–Crippen LogP) is 4.54. The minimum atomic E-state index is 0.157. The minimum Gasteiger partial charge on any atom is -0.493 e. The molecule has 1 unspecified atom stereocenters. The van der Waals surface area contributed by atoms with Crippen LogP contribution in [0.25, 0.3) is 0 Å². The van der Waals surface area contributed by atoms with Gasteiger partial charge < -0.3 is 14.8 Å². The van der Waals surface area contributed by atoms with Gasteiger partial charge in [0.25, 0.3) is 0 Å². The van der Waals surface area contributed by atoms with Crippen LogP contribution in [0.2, 0.25) is 0 Å². The largest absolute Gasteiger partial charge is 0.493 e. The SMILES string of the molecule is CCNC(c1ccc(OC)c(OC)c1)c1cc(C)c(Br)s1. The van der Waals surface area contributed by atoms with Crippen molar-refractivity contribution in [3.05, 3.63) is 44.1 Å². The third-order valence-electron chi connectivity index (χ3n) is 3.31. The van der Waals surface area contributed by atoms with E-state index in [0.29, 0.717) is 0 Å². The van der Waals surface area contributed by atoms with Crippen molar-refractivity contribution in [3.8, 4) is 11.5 Å². The molecular formula is C16H20BrNO2S. The van der Waals surface area contributed by atoms with Crippen LogP contribution in [0.15, 0.2) is 28.1 Å². The highest BCUT2D eigenvalue weighted by Gasteiger charge is 2.18. The molecule has 0 aliphatic rings. The Morgan fingerprint density at radius 2 is 1.90 bits per heavy atom. The molecule has 1 aromatic heterocycles. The topological polar surface area (TPSA) is 30.5 Å². The normalized spacial score (nSPS) is 12.2. The van der Waals surface area contributed by atoms with Gasteiger partial charge >= 0.3 is 0 Å². The van der Waals surface area contributed by atoms with E-state index in [1.54, 1.807) is 25.6 Å². The fraction of sp³-hybridized carbons (Fsp3) is 0.375. The highest BCUT2D eigenvalue weighted by molar-refractivity contribution is 9.11. The first-order valence-electron chi connectivity index (χ1n) is 6.81. The first-order valence-corrected chi connectivity index (χ1v) is 8.42. The van der Waals surface area contributed by atoms with Crippen molar-refractivity contribution in [1.29, 1.82) is 0 Å². The Bertz CT molecular complexity index is 593. The Labute approximate surface area is 138 Å². The summed E-state index contributed by atoms with van der Waals surface area (Å²) in [5.41, 5.74) is 2.43. The fourth-order valence-electron chi connectivity index (χ4n) is 2.25. The van der Waals surface area contributed by atoms with Crippen molar-refractivity contribution in [1.82, 2.24) is 5.32 Å². The zero-order valence-electron chi connectivity index (χ0n) is 12.7. The Morgan fingerprint density at radius 3 is 2.43 bits per heavy atom. The molecule has 0 aliphatic heterocycles. The number of hydrogen-bond donors (Lipinski definition) is 1. The van der Waals surface area contributed by atoms with E-state index in [0.717, 1.165) is 18.0 Å². The smallest absolute Gasteiger partial charge is 0.161 e. The Kier molecular flexibility index (Phi) is 5.67. The third kappa shape index (κ3) is 3.59. The van der Waals surface area contributed by atoms with Crippen molar-refractivity contribution in [2.75, 3.05) is 20.8 Å². The van der Waals surface area contributed by atoms with E-state index >= 15 is 0 Å². The van der Waals surface area contributed by atoms with Gasteiger partial charge in [-0.3, -0.25) is 0 Å². The van der Waals surface area contributed by atoms with E-state index in [-0.39, 0.29) is 6.04 Å². The number of hydrogen-bond acceptors (Lipinski definition) is 4. The van der Waals surface area contributed by atoms with Crippen LogP contribution in [-0.4, -0.2) is 20.8 Å². The van der Waals surface area contributed by atoms with E-state index in [9.17, 15) is 0 Å². The molecule has 21 heavy (non-hydrogen) atoms. The maximum absolute atomic E-state index is 5.41. The van der Waals surface area contributed by atoms with Gasteiger partial charge in [0, 0.05) is 4.88 Å². The first kappa shape index (κ1) is 16.3. The van der Waals surface area contributed by atoms with Crippen LogP contribution in [0.5, 0.6) is 11.5 Å². The first-order chi connectivity index (χ1) is 10.1. The molecule has 0 saturated heterocycles. The summed E-state index contributed by atoms with van der Waals surface area (Å²) in [7, 11) is 3.31. The maximum Gasteiger partial charge on any atom is 0.161 e. The van der Waals surface area contributed by atoms with Crippen LogP contribution in [0, 0.1) is 6.92 Å². The molecule has 114 valence electrons. The lowest BCUT2D eigenvalue weighted by Crippen LogP contribution is -2.21. The molecular weight excluding hydrogens is 350 g/mol. The maximum atomic E-state index is 5.41. The number of aryl methyl sites for hydroxylation is 1. The van der Waals surface area contributed by atoms with E-state index in [1.165, 1.54) is 19.8 Å². The molecule has 1 atom stereocenters. The van der Waals surface area contributed by atoms with Crippen molar-refractivity contribution in [2.24, 2.45) is 0 Å². The van der Waals surface area contributed by atoms with Gasteiger partial charge in [0.15, 0.2) is 11.5 Å². The third-order valence-corrected chi connectivity index (χ3v) is 5.51. The number of halogens is 1. The number of nitrogens with one attached hydrogen (secondary N) is 1. The van der Waals surface area contributed by atoms with Crippen molar-refractivity contribution >= 4 is 27.3 Å². The number of rotatable bonds is 6. The van der Waals surface area contributed by atoms with Crippen molar-refractivity contribution in [3.63, 3.8) is 0 Å². The molecule has 0 aliphatic carbocycles. The highest BCUT2D eigenvalue weighted by atomic mass is 79.9. The molecule has 0 amide bonds. The summed E-state index contributed by atoms with van der Waals surface area (Å²) in [6.07, 6.45) is 0. The number of thiophene rings is 1. The van der Waals surface area contributed by atoms with Crippen molar-refractivity contribution in [2.45, 2.75) is 19.9 Å². The van der Waals surface area contributed by atoms with Crippen LogP contribution in [0.4, 0.5) is 0 Å². The summed E-state index contributed by atoms with van der Waals surface area (Å²) >= 11 is 5.37. The van der Waals surface area contributed by atoms with E-state index in [2.05, 4.69) is 47.2 Å². The average Bonchev–Trinajstić information content (AvgIpc) is 2.83. The molecule has 1 heterocycles. The second-order valence-electron chi connectivity index (χ2n) is 4.71. The monoisotopic (exact) mass is 369 g/mol. The van der Waals surface area contributed by atoms with Gasteiger partial charge in [0.05, 0.1) is 24.0 Å². The van der Waals surface area contributed by atoms with Crippen LogP contribution in [-0.2, 0) is 0 Å². The lowest BCUT2D eigenvalue weighted by atomic mass is 10.0. The molecule has 1 aromatic carbocycles. The summed E-state index contributed by atoms with van der Waals surface area (Å²) in [5.74, 6) is 1.50. The van der Waals surface area contributed by atoms with Gasteiger partial charge in [-0.2, -0.15) is 0 Å². The van der Waals surface area contributed by atoms with E-state index < -0.39 is 0 Å². The van der Waals surface area contributed by atoms with Crippen LogP contribution < -0.4 is 14.8 Å². The summed E-state index contributed by atoms with van der Waals surface area (Å²) in [5, 5.41) is 3.54. The summed E-state index contributed by atoms with van der Waals surface area (Å²) < 4.78 is 11.9. The molecule has 2 aromatic rings. The van der Waals surface area contributed by atoms with Gasteiger partial charge in [-0.1, -0.05) is 13.0 Å². The molecule has 0 saturated carbocycles. The van der Waals surface area contributed by atoms with Gasteiger partial charge in [-0.05, 0) is 58.7 Å². The van der Waals surface area contributed by atoms with Crippen molar-refractivity contribution < 1.29 is 9.47 Å². The Balaban J connectivity index is 2.42. The molecule has 0 fully saturated rings. The summed E-state index contributed by atoms with van der Waals surface area (Å²) in [6, 6.07) is 8.45. The van der Waals surface area contributed by atoms with E-state index in [1.807, 2.05) is 12.1 Å². The number of ether oxygens (including phenoxy) is 2. The van der Waals surface area contributed by atoms with Crippen LogP contribution in [0.3, 0.4) is 0 Å². The molecule has 3 nitrogen and oxygen atoms in total. The average molecular weight is 370 g/mol. The second kappa shape index (κ2) is 7.29. The lowest BCUT2D eigenvalue weighted by molar-refractivity contribution is 0.354. The zero-order valence-corrected chi connectivity index (χ0v) is 15.1. The second-order valence-corrected chi connectivity index (χ2v) is 7.11. The minimum absolute atomic E-state index is 0.157. The number of methoxy groups -OCH3 is 2. The van der Waals surface area contributed by atoms with Gasteiger partial charge in [-0.25, -0.2) is 0 Å². The van der Waals surface area contributed by atoms with Crippen LogP contribution in [0.1, 0.15) is 29.0 Å². The molecule has 0 spiro atoms.